The van der Waals surface area contributed by atoms with Gasteiger partial charge in [0.25, 0.3) is 5.91 Å². The third-order valence-corrected chi connectivity index (χ3v) is 3.02. The van der Waals surface area contributed by atoms with E-state index in [1.807, 2.05) is 35.0 Å². The molecule has 0 saturated heterocycles. The number of hydrogen-bond donors (Lipinski definition) is 1. The lowest BCUT2D eigenvalue weighted by atomic mass is 10.2. The van der Waals surface area contributed by atoms with Gasteiger partial charge < -0.3 is 15.0 Å². The van der Waals surface area contributed by atoms with Crippen LogP contribution < -0.4 is 10.5 Å². The first-order chi connectivity index (χ1) is 9.61. The minimum Gasteiger partial charge on any atom is -0.481 e. The molecule has 0 bridgehead atoms. The molecule has 1 atom stereocenters. The monoisotopic (exact) mass is 273 g/mol. The summed E-state index contributed by atoms with van der Waals surface area (Å²) in [6.45, 7) is 3.76. The van der Waals surface area contributed by atoms with Gasteiger partial charge in [0, 0.05) is 24.5 Å². The van der Waals surface area contributed by atoms with Crippen LogP contribution in [0.1, 0.15) is 26.1 Å². The van der Waals surface area contributed by atoms with Gasteiger partial charge in [0.15, 0.2) is 6.10 Å². The number of ether oxygens (including phenoxy) is 1. The van der Waals surface area contributed by atoms with Gasteiger partial charge in [-0.15, -0.1) is 0 Å². The van der Waals surface area contributed by atoms with Gasteiger partial charge in [0.1, 0.15) is 11.6 Å². The second-order valence-electron chi connectivity index (χ2n) is 4.62. The van der Waals surface area contributed by atoms with Crippen molar-refractivity contribution in [2.75, 3.05) is 0 Å². The number of benzene rings is 1. The Bertz CT molecular complexity index is 575. The third kappa shape index (κ3) is 3.17. The zero-order valence-electron chi connectivity index (χ0n) is 11.7. The molecular weight excluding hydrogens is 254 g/mol. The zero-order chi connectivity index (χ0) is 14.5. The second-order valence-corrected chi connectivity index (χ2v) is 4.62. The van der Waals surface area contributed by atoms with Crippen molar-refractivity contribution in [2.45, 2.75) is 32.8 Å². The fourth-order valence-electron chi connectivity index (χ4n) is 1.93. The number of carbonyl (C=O) groups excluding carboxylic acids is 1. The summed E-state index contributed by atoms with van der Waals surface area (Å²) in [5.74, 6) is 1.18. The average molecular weight is 273 g/mol. The maximum atomic E-state index is 11.0. The van der Waals surface area contributed by atoms with Crippen LogP contribution in [0.25, 0.3) is 5.69 Å². The molecule has 1 aromatic carbocycles. The molecule has 0 saturated carbocycles. The number of nitrogens with zero attached hydrogens (tertiary/aromatic N) is 2. The van der Waals surface area contributed by atoms with E-state index in [1.165, 1.54) is 0 Å². The van der Waals surface area contributed by atoms with Crippen LogP contribution in [0.4, 0.5) is 0 Å². The predicted molar refractivity (Wildman–Crippen MR) is 76.8 cm³/mol. The van der Waals surface area contributed by atoms with Crippen molar-refractivity contribution in [3.05, 3.63) is 42.5 Å². The first-order valence-electron chi connectivity index (χ1n) is 6.70. The van der Waals surface area contributed by atoms with Gasteiger partial charge in [-0.3, -0.25) is 4.79 Å². The number of aromatic nitrogens is 2. The molecule has 2 N–H and O–H groups in total. The predicted octanol–water partition coefficient (Wildman–Crippen LogP) is 2.08. The molecule has 1 aromatic heterocycles. The number of rotatable bonds is 6. The van der Waals surface area contributed by atoms with E-state index in [-0.39, 0.29) is 0 Å². The number of nitrogens with two attached hydrogens (primary N) is 1. The Morgan fingerprint density at radius 2 is 2.10 bits per heavy atom. The largest absolute Gasteiger partial charge is 0.481 e. The van der Waals surface area contributed by atoms with Gasteiger partial charge in [-0.1, -0.05) is 6.92 Å². The topological polar surface area (TPSA) is 70.1 Å². The minimum atomic E-state index is -0.634. The zero-order valence-corrected chi connectivity index (χ0v) is 11.7. The first kappa shape index (κ1) is 14.1. The highest BCUT2D eigenvalue weighted by atomic mass is 16.5. The number of hydrogen-bond acceptors (Lipinski definition) is 3. The fourth-order valence-corrected chi connectivity index (χ4v) is 1.93. The summed E-state index contributed by atoms with van der Waals surface area (Å²) in [5.41, 5.74) is 6.19. The Hall–Kier alpha value is -2.30. The highest BCUT2D eigenvalue weighted by Crippen LogP contribution is 2.18. The molecule has 1 heterocycles. The van der Waals surface area contributed by atoms with Crippen molar-refractivity contribution >= 4 is 5.91 Å². The van der Waals surface area contributed by atoms with Crippen molar-refractivity contribution in [1.29, 1.82) is 0 Å². The molecule has 0 fully saturated rings. The van der Waals surface area contributed by atoms with Gasteiger partial charge in [-0.25, -0.2) is 4.98 Å². The van der Waals surface area contributed by atoms with Gasteiger partial charge in [0.2, 0.25) is 0 Å². The Kier molecular flexibility index (Phi) is 4.40. The van der Waals surface area contributed by atoms with Crippen LogP contribution in [0.15, 0.2) is 36.7 Å². The molecule has 0 aliphatic heterocycles. The van der Waals surface area contributed by atoms with E-state index in [9.17, 15) is 4.79 Å². The van der Waals surface area contributed by atoms with Crippen molar-refractivity contribution in [3.63, 3.8) is 0 Å². The van der Waals surface area contributed by atoms with Crippen LogP contribution >= 0.6 is 0 Å². The molecule has 2 rings (SSSR count). The Labute approximate surface area is 118 Å². The van der Waals surface area contributed by atoms with Gasteiger partial charge in [-0.05, 0) is 37.6 Å². The van der Waals surface area contributed by atoms with Gasteiger partial charge in [-0.2, -0.15) is 0 Å². The smallest absolute Gasteiger partial charge is 0.258 e. The molecule has 5 nitrogen and oxygen atoms in total. The average Bonchev–Trinajstić information content (AvgIpc) is 2.88. The first-order valence-corrected chi connectivity index (χ1v) is 6.70. The number of amides is 1. The second kappa shape index (κ2) is 6.23. The Morgan fingerprint density at radius 3 is 2.70 bits per heavy atom. The van der Waals surface area contributed by atoms with Crippen LogP contribution in [0, 0.1) is 0 Å². The van der Waals surface area contributed by atoms with E-state index in [1.54, 1.807) is 13.1 Å². The molecule has 0 aliphatic carbocycles. The summed E-state index contributed by atoms with van der Waals surface area (Å²) < 4.78 is 7.47. The van der Waals surface area contributed by atoms with E-state index in [0.29, 0.717) is 5.75 Å². The van der Waals surface area contributed by atoms with Crippen molar-refractivity contribution < 1.29 is 9.53 Å². The molecule has 106 valence electrons. The van der Waals surface area contributed by atoms with Gasteiger partial charge in [0.05, 0.1) is 0 Å². The summed E-state index contributed by atoms with van der Waals surface area (Å²) in [6, 6.07) is 7.52. The van der Waals surface area contributed by atoms with Crippen LogP contribution in [0.3, 0.4) is 0 Å². The molecule has 0 aliphatic rings. The van der Waals surface area contributed by atoms with E-state index < -0.39 is 12.0 Å². The number of aryl methyl sites for hydroxylation is 1. The lowest BCUT2D eigenvalue weighted by Crippen LogP contribution is -2.30. The van der Waals surface area contributed by atoms with E-state index in [2.05, 4.69) is 11.9 Å². The molecular formula is C15H19N3O2. The summed E-state index contributed by atoms with van der Waals surface area (Å²) in [7, 11) is 0. The molecule has 0 radical (unpaired) electrons. The number of carbonyl (C=O) groups is 1. The van der Waals surface area contributed by atoms with E-state index >= 15 is 0 Å². The highest BCUT2D eigenvalue weighted by molar-refractivity contribution is 5.78. The molecule has 20 heavy (non-hydrogen) atoms. The summed E-state index contributed by atoms with van der Waals surface area (Å²) in [4.78, 5) is 15.3. The minimum absolute atomic E-state index is 0.478. The van der Waals surface area contributed by atoms with E-state index in [0.717, 1.165) is 24.4 Å². The Morgan fingerprint density at radius 1 is 1.40 bits per heavy atom. The summed E-state index contributed by atoms with van der Waals surface area (Å²) in [6.07, 6.45) is 5.08. The third-order valence-electron chi connectivity index (χ3n) is 3.02. The molecule has 2 aromatic rings. The van der Waals surface area contributed by atoms with Crippen LogP contribution in [-0.4, -0.2) is 21.6 Å². The number of primary amides is 1. The van der Waals surface area contributed by atoms with Crippen molar-refractivity contribution in [2.24, 2.45) is 5.73 Å². The fraction of sp³-hybridized carbons (Fsp3) is 0.333. The summed E-state index contributed by atoms with van der Waals surface area (Å²) in [5, 5.41) is 0. The highest BCUT2D eigenvalue weighted by Gasteiger charge is 2.10. The van der Waals surface area contributed by atoms with Crippen molar-refractivity contribution in [3.8, 4) is 11.4 Å². The maximum absolute atomic E-state index is 11.0. The van der Waals surface area contributed by atoms with Crippen LogP contribution in [0.2, 0.25) is 0 Å². The quantitative estimate of drug-likeness (QED) is 0.876. The molecule has 1 unspecified atom stereocenters. The van der Waals surface area contributed by atoms with Crippen molar-refractivity contribution in [1.82, 2.24) is 9.55 Å². The van der Waals surface area contributed by atoms with Gasteiger partial charge >= 0.3 is 0 Å². The lowest BCUT2D eigenvalue weighted by Gasteiger charge is -2.12. The molecule has 0 spiro atoms. The Balaban J connectivity index is 2.15. The van der Waals surface area contributed by atoms with Crippen LogP contribution in [-0.2, 0) is 11.2 Å². The molecule has 5 heteroatoms. The van der Waals surface area contributed by atoms with Crippen LogP contribution in [0.5, 0.6) is 5.75 Å². The lowest BCUT2D eigenvalue weighted by molar-refractivity contribution is -0.123. The number of imidazole rings is 1. The maximum Gasteiger partial charge on any atom is 0.258 e. The van der Waals surface area contributed by atoms with E-state index in [4.69, 9.17) is 10.5 Å². The molecule has 1 amide bonds. The standard InChI is InChI=1S/C15H19N3O2/c1-3-4-14-17-9-10-18(14)12-5-7-13(8-6-12)20-11(2)15(16)19/h5-11H,3-4H2,1-2H3,(H2,16,19). The SMILES string of the molecule is CCCc1nccn1-c1ccc(OC(C)C(N)=O)cc1. The summed E-state index contributed by atoms with van der Waals surface area (Å²) >= 11 is 0. The normalized spacial score (nSPS) is 12.1.